The molecule has 0 aliphatic carbocycles. The van der Waals surface area contributed by atoms with E-state index >= 15 is 0 Å². The van der Waals surface area contributed by atoms with Crippen molar-refractivity contribution in [2.24, 2.45) is 9.98 Å². The Labute approximate surface area is 152 Å². The molecule has 4 nitrogen and oxygen atoms in total. The molecule has 0 fully saturated rings. The summed E-state index contributed by atoms with van der Waals surface area (Å²) in [5.74, 6) is 0.403. The summed E-state index contributed by atoms with van der Waals surface area (Å²) in [6.45, 7) is 4.21. The maximum Gasteiger partial charge on any atom is 0.124 e. The maximum atomic E-state index is 9.74. The first-order valence-corrected chi connectivity index (χ1v) is 7.40. The van der Waals surface area contributed by atoms with E-state index in [1.165, 1.54) is 0 Å². The Morgan fingerprint density at radius 2 is 1.46 bits per heavy atom. The quantitative estimate of drug-likeness (QED) is 0.580. The number of hydrogen-bond donors (Lipinski definition) is 2. The molecule has 127 valence electrons. The van der Waals surface area contributed by atoms with Crippen LogP contribution in [0.25, 0.3) is 0 Å². The molecule has 24 heavy (non-hydrogen) atoms. The molecule has 1 unspecified atom stereocenters. The fourth-order valence-corrected chi connectivity index (χ4v) is 2.03. The summed E-state index contributed by atoms with van der Waals surface area (Å²) in [4.78, 5) is 8.81. The number of nitrogens with zero attached hydrogens (tertiary/aromatic N) is 2. The molecule has 2 aromatic carbocycles. The standard InChI is InChI=1S/C19H20N2O2.Co/c1-2-7-17(21-13-16-9-4-6-11-19(16)23)14-20-12-15-8-3-5-10-18(15)22;/h2-6,8-13,17,22-23H,1,7,14H2;. The summed E-state index contributed by atoms with van der Waals surface area (Å²) < 4.78 is 0. The minimum atomic E-state index is -0.0609. The van der Waals surface area contributed by atoms with Crippen LogP contribution in [0.5, 0.6) is 11.5 Å². The molecule has 0 bridgehead atoms. The van der Waals surface area contributed by atoms with E-state index in [0.29, 0.717) is 24.1 Å². The van der Waals surface area contributed by atoms with Crippen LogP contribution in [-0.4, -0.2) is 35.2 Å². The predicted molar refractivity (Wildman–Crippen MR) is 94.9 cm³/mol. The maximum absolute atomic E-state index is 9.74. The first kappa shape index (κ1) is 19.7. The van der Waals surface area contributed by atoms with Crippen LogP contribution in [0.1, 0.15) is 17.5 Å². The van der Waals surface area contributed by atoms with Crippen molar-refractivity contribution in [3.63, 3.8) is 0 Å². The molecule has 0 aromatic heterocycles. The fourth-order valence-electron chi connectivity index (χ4n) is 2.03. The monoisotopic (exact) mass is 367 g/mol. The van der Waals surface area contributed by atoms with E-state index in [-0.39, 0.29) is 34.3 Å². The van der Waals surface area contributed by atoms with E-state index in [1.54, 1.807) is 54.9 Å². The van der Waals surface area contributed by atoms with Gasteiger partial charge in [-0.1, -0.05) is 30.3 Å². The van der Waals surface area contributed by atoms with Gasteiger partial charge < -0.3 is 10.2 Å². The van der Waals surface area contributed by atoms with E-state index in [9.17, 15) is 10.2 Å². The van der Waals surface area contributed by atoms with E-state index in [4.69, 9.17) is 0 Å². The number of aliphatic imine (C=N–C) groups is 2. The smallest absolute Gasteiger partial charge is 0.124 e. The molecule has 0 amide bonds. The minimum absolute atomic E-state index is 0. The summed E-state index contributed by atoms with van der Waals surface area (Å²) in [6.07, 6.45) is 5.77. The molecule has 1 radical (unpaired) electrons. The van der Waals surface area contributed by atoms with E-state index < -0.39 is 0 Å². The van der Waals surface area contributed by atoms with Crippen LogP contribution in [0.3, 0.4) is 0 Å². The van der Waals surface area contributed by atoms with E-state index in [1.807, 2.05) is 12.1 Å². The molecule has 0 aliphatic rings. The minimum Gasteiger partial charge on any atom is -0.507 e. The van der Waals surface area contributed by atoms with Crippen molar-refractivity contribution >= 4 is 12.4 Å². The van der Waals surface area contributed by atoms with Gasteiger partial charge in [0.05, 0.1) is 12.6 Å². The Morgan fingerprint density at radius 1 is 0.917 bits per heavy atom. The van der Waals surface area contributed by atoms with Crippen LogP contribution in [0.2, 0.25) is 0 Å². The predicted octanol–water partition coefficient (Wildman–Crippen LogP) is 3.58. The van der Waals surface area contributed by atoms with Crippen LogP contribution in [-0.2, 0) is 16.8 Å². The van der Waals surface area contributed by atoms with Crippen molar-refractivity contribution in [3.8, 4) is 11.5 Å². The number of para-hydroxylation sites is 2. The average Bonchev–Trinajstić information content (AvgIpc) is 2.55. The zero-order valence-electron chi connectivity index (χ0n) is 13.2. The molecule has 0 heterocycles. The zero-order valence-corrected chi connectivity index (χ0v) is 14.2. The first-order valence-electron chi connectivity index (χ1n) is 7.40. The number of rotatable bonds is 7. The van der Waals surface area contributed by atoms with Gasteiger partial charge in [0.2, 0.25) is 0 Å². The van der Waals surface area contributed by atoms with Crippen molar-refractivity contribution in [1.82, 2.24) is 0 Å². The van der Waals surface area contributed by atoms with Crippen LogP contribution >= 0.6 is 0 Å². The first-order chi connectivity index (χ1) is 11.2. The van der Waals surface area contributed by atoms with Crippen LogP contribution in [0.4, 0.5) is 0 Å². The average molecular weight is 367 g/mol. The van der Waals surface area contributed by atoms with Gasteiger partial charge in [0.1, 0.15) is 11.5 Å². The van der Waals surface area contributed by atoms with Crippen molar-refractivity contribution in [1.29, 1.82) is 0 Å². The Morgan fingerprint density at radius 3 is 2.00 bits per heavy atom. The molecule has 2 N–H and O–H groups in total. The Hall–Kier alpha value is -2.37. The van der Waals surface area contributed by atoms with Gasteiger partial charge in [-0.3, -0.25) is 9.98 Å². The van der Waals surface area contributed by atoms with Gasteiger partial charge >= 0.3 is 0 Å². The van der Waals surface area contributed by atoms with Gasteiger partial charge in [-0.05, 0) is 30.7 Å². The number of phenols is 2. The van der Waals surface area contributed by atoms with Gasteiger partial charge in [-0.25, -0.2) is 0 Å². The second-order valence-corrected chi connectivity index (χ2v) is 5.07. The molecule has 0 aliphatic heterocycles. The third-order valence-electron chi connectivity index (χ3n) is 3.28. The zero-order chi connectivity index (χ0) is 16.5. The Kier molecular flexibility index (Phi) is 8.53. The molecule has 0 saturated heterocycles. The fraction of sp³-hybridized carbons (Fsp3) is 0.158. The molecule has 5 heteroatoms. The van der Waals surface area contributed by atoms with Crippen LogP contribution in [0, 0.1) is 0 Å². The number of benzene rings is 2. The molecule has 1 atom stereocenters. The van der Waals surface area contributed by atoms with Gasteiger partial charge in [0.15, 0.2) is 0 Å². The summed E-state index contributed by atoms with van der Waals surface area (Å²) in [5.41, 5.74) is 1.35. The Bertz CT molecular complexity index is 714. The van der Waals surface area contributed by atoms with Gasteiger partial charge in [0.25, 0.3) is 0 Å². The van der Waals surface area contributed by atoms with Crippen molar-refractivity contribution < 1.29 is 27.0 Å². The number of aromatic hydroxyl groups is 2. The molecule has 0 spiro atoms. The molecule has 2 aromatic rings. The molecule has 0 saturated carbocycles. The summed E-state index contributed by atoms with van der Waals surface area (Å²) >= 11 is 0. The van der Waals surface area contributed by atoms with Gasteiger partial charge in [0, 0.05) is 40.3 Å². The second-order valence-electron chi connectivity index (χ2n) is 5.07. The van der Waals surface area contributed by atoms with Crippen molar-refractivity contribution in [2.45, 2.75) is 12.5 Å². The SMILES string of the molecule is C=CCC(CN=Cc1ccccc1O)N=Cc1ccccc1O.[Co]. The molecular weight excluding hydrogens is 347 g/mol. The Balaban J connectivity index is 0.00000288. The molecular formula is C19H20CoN2O2. The third-order valence-corrected chi connectivity index (χ3v) is 3.28. The van der Waals surface area contributed by atoms with Crippen LogP contribution in [0.15, 0.2) is 71.2 Å². The second kappa shape index (κ2) is 10.4. The normalized spacial score (nSPS) is 12.2. The topological polar surface area (TPSA) is 65.2 Å². The van der Waals surface area contributed by atoms with Crippen molar-refractivity contribution in [3.05, 3.63) is 72.3 Å². The van der Waals surface area contributed by atoms with E-state index in [0.717, 1.165) is 0 Å². The summed E-state index contributed by atoms with van der Waals surface area (Å²) in [5, 5.41) is 19.4. The van der Waals surface area contributed by atoms with E-state index in [2.05, 4.69) is 16.6 Å². The van der Waals surface area contributed by atoms with Crippen molar-refractivity contribution in [2.75, 3.05) is 6.54 Å². The number of phenolic OH excluding ortho intramolecular Hbond substituents is 2. The number of hydrogen-bond acceptors (Lipinski definition) is 4. The van der Waals surface area contributed by atoms with Gasteiger partial charge in [-0.15, -0.1) is 6.58 Å². The summed E-state index contributed by atoms with van der Waals surface area (Å²) in [7, 11) is 0. The van der Waals surface area contributed by atoms with Gasteiger partial charge in [-0.2, -0.15) is 0 Å². The van der Waals surface area contributed by atoms with Crippen LogP contribution < -0.4 is 0 Å². The third kappa shape index (κ3) is 6.02. The summed E-state index contributed by atoms with van der Waals surface area (Å²) in [6, 6.07) is 14.0. The molecule has 2 rings (SSSR count). The largest absolute Gasteiger partial charge is 0.507 e.